The molecule has 2 heterocycles. The Kier molecular flexibility index (Phi) is 3.03. The van der Waals surface area contributed by atoms with E-state index in [9.17, 15) is 0 Å². The summed E-state index contributed by atoms with van der Waals surface area (Å²) in [5.74, 6) is 1.10. The molecule has 0 saturated carbocycles. The number of nitrogen functional groups attached to an aromatic ring is 1. The van der Waals surface area contributed by atoms with Crippen molar-refractivity contribution in [3.05, 3.63) is 22.7 Å². The molecule has 0 radical (unpaired) electrons. The molecular formula is C13H16BrN3O. The van der Waals surface area contributed by atoms with E-state index in [1.807, 2.05) is 12.1 Å². The van der Waals surface area contributed by atoms with Gasteiger partial charge in [0.2, 0.25) is 5.95 Å². The van der Waals surface area contributed by atoms with Gasteiger partial charge in [0.25, 0.3) is 0 Å². The van der Waals surface area contributed by atoms with E-state index >= 15 is 0 Å². The van der Waals surface area contributed by atoms with Gasteiger partial charge in [-0.1, -0.05) is 15.9 Å². The van der Waals surface area contributed by atoms with Gasteiger partial charge < -0.3 is 15.0 Å². The number of ether oxygens (including phenoxy) is 1. The van der Waals surface area contributed by atoms with Crippen LogP contribution < -0.4 is 5.73 Å². The average molecular weight is 310 g/mol. The highest BCUT2D eigenvalue weighted by molar-refractivity contribution is 9.10. The van der Waals surface area contributed by atoms with Crippen LogP contribution in [0.3, 0.4) is 0 Å². The number of benzene rings is 1. The van der Waals surface area contributed by atoms with Crippen molar-refractivity contribution in [3.63, 3.8) is 0 Å². The molecule has 1 aromatic carbocycles. The van der Waals surface area contributed by atoms with Gasteiger partial charge in [0.15, 0.2) is 0 Å². The fourth-order valence-corrected chi connectivity index (χ4v) is 3.01. The van der Waals surface area contributed by atoms with Crippen LogP contribution in [0.5, 0.6) is 0 Å². The first-order valence-corrected chi connectivity index (χ1v) is 6.97. The summed E-state index contributed by atoms with van der Waals surface area (Å²) in [4.78, 5) is 4.43. The Labute approximate surface area is 114 Å². The molecule has 0 bridgehead atoms. The predicted octanol–water partition coefficient (Wildman–Crippen LogP) is 2.98. The van der Waals surface area contributed by atoms with Crippen molar-refractivity contribution < 1.29 is 4.74 Å². The molecule has 0 aliphatic carbocycles. The number of fused-ring (bicyclic) bond motifs is 1. The fourth-order valence-electron chi connectivity index (χ4n) is 2.66. The first kappa shape index (κ1) is 12.0. The summed E-state index contributed by atoms with van der Waals surface area (Å²) in [7, 11) is 0. The minimum Gasteiger partial charge on any atom is -0.381 e. The molecule has 3 rings (SSSR count). The van der Waals surface area contributed by atoms with E-state index in [1.165, 1.54) is 0 Å². The van der Waals surface area contributed by atoms with Crippen LogP contribution in [-0.4, -0.2) is 22.8 Å². The minimum absolute atomic E-state index is 0.312. The zero-order valence-electron chi connectivity index (χ0n) is 10.3. The molecule has 1 aliphatic rings. The number of anilines is 1. The number of nitrogens with zero attached hydrogens (tertiary/aromatic N) is 2. The Bertz CT molecular complexity index is 575. The lowest BCUT2D eigenvalue weighted by Crippen LogP contribution is -2.18. The second kappa shape index (κ2) is 4.55. The van der Waals surface area contributed by atoms with Crippen LogP contribution in [-0.2, 0) is 4.74 Å². The quantitative estimate of drug-likeness (QED) is 0.928. The Morgan fingerprint density at radius 2 is 2.39 bits per heavy atom. The highest BCUT2D eigenvalue weighted by atomic mass is 79.9. The SMILES string of the molecule is CC(C1CCOC1)n1c(N)nc2ccc(Br)cc21. The molecule has 0 amide bonds. The third-order valence-corrected chi connectivity index (χ3v) is 4.23. The van der Waals surface area contributed by atoms with Gasteiger partial charge >= 0.3 is 0 Å². The highest BCUT2D eigenvalue weighted by Crippen LogP contribution is 2.32. The lowest BCUT2D eigenvalue weighted by molar-refractivity contribution is 0.176. The molecule has 96 valence electrons. The van der Waals surface area contributed by atoms with E-state index in [1.54, 1.807) is 0 Å². The van der Waals surface area contributed by atoms with E-state index in [-0.39, 0.29) is 0 Å². The third-order valence-electron chi connectivity index (χ3n) is 3.73. The maximum Gasteiger partial charge on any atom is 0.201 e. The monoisotopic (exact) mass is 309 g/mol. The van der Waals surface area contributed by atoms with Gasteiger partial charge in [0, 0.05) is 23.0 Å². The number of hydrogen-bond donors (Lipinski definition) is 1. The van der Waals surface area contributed by atoms with Crippen molar-refractivity contribution >= 4 is 32.9 Å². The summed E-state index contributed by atoms with van der Waals surface area (Å²) < 4.78 is 8.64. The summed E-state index contributed by atoms with van der Waals surface area (Å²) in [6.45, 7) is 3.86. The fraction of sp³-hybridized carbons (Fsp3) is 0.462. The van der Waals surface area contributed by atoms with Gasteiger partial charge in [-0.2, -0.15) is 0 Å². The number of nitrogens with two attached hydrogens (primary N) is 1. The summed E-state index contributed by atoms with van der Waals surface area (Å²) in [6.07, 6.45) is 1.09. The summed E-state index contributed by atoms with van der Waals surface area (Å²) in [6, 6.07) is 6.37. The molecule has 2 N–H and O–H groups in total. The van der Waals surface area contributed by atoms with Gasteiger partial charge in [0.05, 0.1) is 17.6 Å². The van der Waals surface area contributed by atoms with Gasteiger partial charge in [-0.25, -0.2) is 4.98 Å². The standard InChI is InChI=1S/C13H16BrN3O/c1-8(9-4-5-18-7-9)17-12-6-10(14)2-3-11(12)16-13(17)15/h2-3,6,8-9H,4-5,7H2,1H3,(H2,15,16). The van der Waals surface area contributed by atoms with Crippen LogP contribution >= 0.6 is 15.9 Å². The molecular weight excluding hydrogens is 294 g/mol. The van der Waals surface area contributed by atoms with Crippen molar-refractivity contribution in [1.29, 1.82) is 0 Å². The van der Waals surface area contributed by atoms with E-state index in [0.29, 0.717) is 17.9 Å². The van der Waals surface area contributed by atoms with E-state index in [2.05, 4.69) is 38.5 Å². The maximum atomic E-state index is 6.07. The average Bonchev–Trinajstić information content (AvgIpc) is 2.94. The van der Waals surface area contributed by atoms with Crippen LogP contribution in [0.25, 0.3) is 11.0 Å². The van der Waals surface area contributed by atoms with Gasteiger partial charge in [0.1, 0.15) is 0 Å². The molecule has 1 fully saturated rings. The zero-order valence-corrected chi connectivity index (χ0v) is 11.9. The molecule has 1 aliphatic heterocycles. The topological polar surface area (TPSA) is 53.1 Å². The van der Waals surface area contributed by atoms with Crippen LogP contribution in [0.15, 0.2) is 22.7 Å². The van der Waals surface area contributed by atoms with Crippen molar-refractivity contribution in [2.75, 3.05) is 18.9 Å². The lowest BCUT2D eigenvalue weighted by atomic mass is 10.0. The maximum absolute atomic E-state index is 6.07. The molecule has 4 nitrogen and oxygen atoms in total. The normalized spacial score (nSPS) is 21.6. The Morgan fingerprint density at radius 3 is 3.11 bits per heavy atom. The molecule has 1 aromatic heterocycles. The molecule has 1 saturated heterocycles. The third kappa shape index (κ3) is 1.91. The molecule has 0 spiro atoms. The number of imidazole rings is 1. The van der Waals surface area contributed by atoms with Gasteiger partial charge in [-0.3, -0.25) is 0 Å². The van der Waals surface area contributed by atoms with Crippen LogP contribution in [0, 0.1) is 5.92 Å². The van der Waals surface area contributed by atoms with Crippen LogP contribution in [0.1, 0.15) is 19.4 Å². The summed E-state index contributed by atoms with van der Waals surface area (Å²) >= 11 is 3.50. The molecule has 2 unspecified atom stereocenters. The Morgan fingerprint density at radius 1 is 1.56 bits per heavy atom. The van der Waals surface area contributed by atoms with Crippen LogP contribution in [0.2, 0.25) is 0 Å². The summed E-state index contributed by atoms with van der Waals surface area (Å²) in [5, 5.41) is 0. The van der Waals surface area contributed by atoms with Crippen molar-refractivity contribution in [2.24, 2.45) is 5.92 Å². The van der Waals surface area contributed by atoms with Crippen molar-refractivity contribution in [1.82, 2.24) is 9.55 Å². The second-order valence-corrected chi connectivity index (χ2v) is 5.75. The smallest absolute Gasteiger partial charge is 0.201 e. The highest BCUT2D eigenvalue weighted by Gasteiger charge is 2.26. The van der Waals surface area contributed by atoms with Gasteiger partial charge in [-0.05, 0) is 31.5 Å². The number of halogens is 1. The number of aromatic nitrogens is 2. The number of hydrogen-bond acceptors (Lipinski definition) is 3. The second-order valence-electron chi connectivity index (χ2n) is 4.84. The predicted molar refractivity (Wildman–Crippen MR) is 75.5 cm³/mol. The Hall–Kier alpha value is -1.07. The van der Waals surface area contributed by atoms with E-state index in [4.69, 9.17) is 10.5 Å². The van der Waals surface area contributed by atoms with Crippen LogP contribution in [0.4, 0.5) is 5.95 Å². The first-order valence-electron chi connectivity index (χ1n) is 6.17. The number of rotatable bonds is 2. The van der Waals surface area contributed by atoms with Crippen molar-refractivity contribution in [2.45, 2.75) is 19.4 Å². The van der Waals surface area contributed by atoms with Crippen molar-refractivity contribution in [3.8, 4) is 0 Å². The Balaban J connectivity index is 2.09. The lowest BCUT2D eigenvalue weighted by Gasteiger charge is -2.21. The molecule has 2 atom stereocenters. The molecule has 5 heteroatoms. The largest absolute Gasteiger partial charge is 0.381 e. The van der Waals surface area contributed by atoms with E-state index < -0.39 is 0 Å². The van der Waals surface area contributed by atoms with Gasteiger partial charge in [-0.15, -0.1) is 0 Å². The van der Waals surface area contributed by atoms with E-state index in [0.717, 1.165) is 35.1 Å². The molecule has 18 heavy (non-hydrogen) atoms. The first-order chi connectivity index (χ1) is 8.66. The minimum atomic E-state index is 0.312. The molecule has 2 aromatic rings. The zero-order chi connectivity index (χ0) is 12.7. The summed E-state index contributed by atoms with van der Waals surface area (Å²) in [5.41, 5.74) is 8.10.